The van der Waals surface area contributed by atoms with Crippen LogP contribution in [0.25, 0.3) is 0 Å². The number of carbonyl (C=O) groups is 2. The summed E-state index contributed by atoms with van der Waals surface area (Å²) in [6, 6.07) is 10.8. The molecule has 1 aromatic carbocycles. The number of nitrogens with zero attached hydrogens (tertiary/aromatic N) is 4. The third-order valence-electron chi connectivity index (χ3n) is 5.40. The zero-order valence-electron chi connectivity index (χ0n) is 17.7. The van der Waals surface area contributed by atoms with Crippen LogP contribution in [0.4, 0.5) is 5.69 Å². The Bertz CT molecular complexity index is 1070. The Morgan fingerprint density at radius 2 is 1.90 bits per heavy atom. The molecule has 0 aliphatic carbocycles. The van der Waals surface area contributed by atoms with Crippen molar-refractivity contribution < 1.29 is 14.3 Å². The molecule has 0 unspecified atom stereocenters. The zero-order valence-corrected chi connectivity index (χ0v) is 17.7. The monoisotopic (exact) mass is 419 g/mol. The van der Waals surface area contributed by atoms with Crippen molar-refractivity contribution in [2.75, 3.05) is 19.0 Å². The number of methoxy groups -OCH3 is 1. The molecule has 1 N–H and O–H groups in total. The van der Waals surface area contributed by atoms with Gasteiger partial charge in [-0.3, -0.25) is 19.3 Å². The van der Waals surface area contributed by atoms with E-state index in [1.165, 1.54) is 0 Å². The van der Waals surface area contributed by atoms with Crippen LogP contribution in [0.3, 0.4) is 0 Å². The number of nitrogens with one attached hydrogen (secondary N) is 1. The average molecular weight is 419 g/mol. The Balaban J connectivity index is 1.53. The van der Waals surface area contributed by atoms with Gasteiger partial charge in [0.2, 0.25) is 0 Å². The van der Waals surface area contributed by atoms with Gasteiger partial charge in [-0.15, -0.1) is 0 Å². The molecule has 8 nitrogen and oxygen atoms in total. The summed E-state index contributed by atoms with van der Waals surface area (Å²) in [5, 5.41) is 7.27. The van der Waals surface area contributed by atoms with Crippen LogP contribution < -0.4 is 10.1 Å². The fraction of sp³-hybridized carbons (Fsp3) is 0.304. The van der Waals surface area contributed by atoms with Crippen LogP contribution in [0, 0.1) is 0 Å². The van der Waals surface area contributed by atoms with Crippen molar-refractivity contribution in [3.05, 3.63) is 71.3 Å². The first-order valence-corrected chi connectivity index (χ1v) is 10.3. The third-order valence-corrected chi connectivity index (χ3v) is 5.40. The Labute approximate surface area is 180 Å². The number of anilines is 1. The van der Waals surface area contributed by atoms with Crippen molar-refractivity contribution in [2.24, 2.45) is 0 Å². The number of benzene rings is 1. The van der Waals surface area contributed by atoms with E-state index in [-0.39, 0.29) is 11.8 Å². The van der Waals surface area contributed by atoms with E-state index in [1.807, 2.05) is 23.7 Å². The molecule has 0 saturated carbocycles. The number of amides is 2. The maximum Gasteiger partial charge on any atom is 0.259 e. The van der Waals surface area contributed by atoms with Gasteiger partial charge in [0.1, 0.15) is 5.75 Å². The lowest BCUT2D eigenvalue weighted by Gasteiger charge is -2.20. The van der Waals surface area contributed by atoms with Crippen molar-refractivity contribution >= 4 is 17.5 Å². The molecule has 1 aliphatic rings. The number of aromatic nitrogens is 3. The third kappa shape index (κ3) is 4.42. The fourth-order valence-corrected chi connectivity index (χ4v) is 3.62. The van der Waals surface area contributed by atoms with Crippen LogP contribution in [0.5, 0.6) is 5.75 Å². The molecule has 4 rings (SSSR count). The van der Waals surface area contributed by atoms with Crippen molar-refractivity contribution in [3.8, 4) is 5.75 Å². The number of carbonyl (C=O) groups excluding carboxylic acids is 2. The van der Waals surface area contributed by atoms with Crippen molar-refractivity contribution in [1.29, 1.82) is 0 Å². The van der Waals surface area contributed by atoms with Crippen LogP contribution in [-0.2, 0) is 19.5 Å². The molecule has 0 fully saturated rings. The highest BCUT2D eigenvalue weighted by atomic mass is 16.5. The number of fused-ring (bicyclic) bond motifs is 1. The van der Waals surface area contributed by atoms with E-state index in [0.717, 1.165) is 24.2 Å². The molecule has 160 valence electrons. The SMILES string of the molecule is CCc1ccc(C(=O)N2CCCn3ncc(C(=O)Nc4ccc(OC)cc4)c3C2)cn1. The van der Waals surface area contributed by atoms with Crippen LogP contribution >= 0.6 is 0 Å². The van der Waals surface area contributed by atoms with Gasteiger partial charge < -0.3 is 15.0 Å². The van der Waals surface area contributed by atoms with Gasteiger partial charge in [-0.2, -0.15) is 5.10 Å². The maximum absolute atomic E-state index is 13.1. The first-order valence-electron chi connectivity index (χ1n) is 10.3. The molecular formula is C23H25N5O3. The standard InChI is InChI=1S/C23H25N5O3/c1-3-17-6-5-16(13-24-17)23(30)27-11-4-12-28-21(15-27)20(14-25-28)22(29)26-18-7-9-19(31-2)10-8-18/h5-10,13-14H,3-4,11-12,15H2,1-2H3,(H,26,29). The summed E-state index contributed by atoms with van der Waals surface area (Å²) in [7, 11) is 1.59. The summed E-state index contributed by atoms with van der Waals surface area (Å²) in [5.74, 6) is 0.369. The lowest BCUT2D eigenvalue weighted by molar-refractivity contribution is 0.0743. The van der Waals surface area contributed by atoms with Gasteiger partial charge in [0.05, 0.1) is 36.7 Å². The normalized spacial score (nSPS) is 13.3. The summed E-state index contributed by atoms with van der Waals surface area (Å²) in [5.41, 5.74) is 3.36. The van der Waals surface area contributed by atoms with Gasteiger partial charge in [0, 0.05) is 30.7 Å². The van der Waals surface area contributed by atoms with Gasteiger partial charge in [-0.25, -0.2) is 0 Å². The van der Waals surface area contributed by atoms with Crippen LogP contribution in [0.1, 0.15) is 45.4 Å². The molecule has 31 heavy (non-hydrogen) atoms. The molecule has 0 radical (unpaired) electrons. The van der Waals surface area contributed by atoms with Crippen LogP contribution in [-0.4, -0.2) is 45.1 Å². The molecule has 3 heterocycles. The van der Waals surface area contributed by atoms with Gasteiger partial charge in [-0.05, 0) is 49.2 Å². The van der Waals surface area contributed by atoms with E-state index in [2.05, 4.69) is 15.4 Å². The van der Waals surface area contributed by atoms with Gasteiger partial charge >= 0.3 is 0 Å². The molecule has 0 atom stereocenters. The quantitative estimate of drug-likeness (QED) is 0.686. The molecule has 0 bridgehead atoms. The summed E-state index contributed by atoms with van der Waals surface area (Å²) in [4.78, 5) is 32.1. The first kappa shape index (κ1) is 20.6. The minimum absolute atomic E-state index is 0.0914. The van der Waals surface area contributed by atoms with Gasteiger partial charge in [-0.1, -0.05) is 6.92 Å². The Morgan fingerprint density at radius 1 is 1.10 bits per heavy atom. The highest BCUT2D eigenvalue weighted by Gasteiger charge is 2.26. The molecule has 2 amide bonds. The number of rotatable bonds is 5. The molecule has 1 aliphatic heterocycles. The van der Waals surface area contributed by atoms with Crippen molar-refractivity contribution in [1.82, 2.24) is 19.7 Å². The van der Waals surface area contributed by atoms with Crippen LogP contribution in [0.2, 0.25) is 0 Å². The number of pyridine rings is 1. The molecule has 3 aromatic rings. The molecule has 8 heteroatoms. The molecule has 0 saturated heterocycles. The number of aryl methyl sites for hydroxylation is 2. The zero-order chi connectivity index (χ0) is 21.8. The second kappa shape index (κ2) is 8.99. The smallest absolute Gasteiger partial charge is 0.259 e. The summed E-state index contributed by atoms with van der Waals surface area (Å²) >= 11 is 0. The molecule has 0 spiro atoms. The van der Waals surface area contributed by atoms with Gasteiger partial charge in [0.25, 0.3) is 11.8 Å². The Morgan fingerprint density at radius 3 is 2.58 bits per heavy atom. The molecule has 2 aromatic heterocycles. The molecular weight excluding hydrogens is 394 g/mol. The van der Waals surface area contributed by atoms with E-state index >= 15 is 0 Å². The number of hydrogen-bond donors (Lipinski definition) is 1. The number of hydrogen-bond acceptors (Lipinski definition) is 5. The first-order chi connectivity index (χ1) is 15.1. The average Bonchev–Trinajstić information content (AvgIpc) is 3.09. The fourth-order valence-electron chi connectivity index (χ4n) is 3.62. The van der Waals surface area contributed by atoms with Crippen molar-refractivity contribution in [2.45, 2.75) is 32.9 Å². The predicted molar refractivity (Wildman–Crippen MR) is 116 cm³/mol. The van der Waals surface area contributed by atoms with Crippen LogP contribution in [0.15, 0.2) is 48.8 Å². The lowest BCUT2D eigenvalue weighted by Crippen LogP contribution is -2.31. The second-order valence-corrected chi connectivity index (χ2v) is 7.38. The largest absolute Gasteiger partial charge is 0.497 e. The minimum Gasteiger partial charge on any atom is -0.497 e. The topological polar surface area (TPSA) is 89.4 Å². The Kier molecular flexibility index (Phi) is 5.97. The van der Waals surface area contributed by atoms with E-state index in [0.29, 0.717) is 42.2 Å². The maximum atomic E-state index is 13.1. The summed E-state index contributed by atoms with van der Waals surface area (Å²) in [6.07, 6.45) is 4.78. The predicted octanol–water partition coefficient (Wildman–Crippen LogP) is 3.15. The highest BCUT2D eigenvalue weighted by molar-refractivity contribution is 6.05. The van der Waals surface area contributed by atoms with E-state index < -0.39 is 0 Å². The summed E-state index contributed by atoms with van der Waals surface area (Å²) < 4.78 is 6.96. The van der Waals surface area contributed by atoms with E-state index in [4.69, 9.17) is 4.74 Å². The summed E-state index contributed by atoms with van der Waals surface area (Å²) in [6.45, 7) is 3.59. The van der Waals surface area contributed by atoms with E-state index in [1.54, 1.807) is 48.7 Å². The minimum atomic E-state index is -0.255. The highest BCUT2D eigenvalue weighted by Crippen LogP contribution is 2.21. The number of ether oxygens (including phenoxy) is 1. The van der Waals surface area contributed by atoms with Crippen molar-refractivity contribution in [3.63, 3.8) is 0 Å². The van der Waals surface area contributed by atoms with Gasteiger partial charge in [0.15, 0.2) is 0 Å². The second-order valence-electron chi connectivity index (χ2n) is 7.38. The van der Waals surface area contributed by atoms with E-state index in [9.17, 15) is 9.59 Å². The Hall–Kier alpha value is -3.68. The lowest BCUT2D eigenvalue weighted by atomic mass is 10.1.